The molecule has 1 aromatic carbocycles. The Morgan fingerprint density at radius 3 is 2.67 bits per heavy atom. The summed E-state index contributed by atoms with van der Waals surface area (Å²) in [5.41, 5.74) is 6.29. The van der Waals surface area contributed by atoms with Gasteiger partial charge in [-0.1, -0.05) is 0 Å². The summed E-state index contributed by atoms with van der Waals surface area (Å²) in [6, 6.07) is 2.95. The van der Waals surface area contributed by atoms with Crippen molar-refractivity contribution in [1.82, 2.24) is 9.80 Å². The fourth-order valence-corrected chi connectivity index (χ4v) is 2.99. The van der Waals surface area contributed by atoms with E-state index in [-0.39, 0.29) is 5.56 Å². The van der Waals surface area contributed by atoms with Gasteiger partial charge in [0.1, 0.15) is 11.6 Å². The van der Waals surface area contributed by atoms with Gasteiger partial charge in [-0.2, -0.15) is 0 Å². The standard InChI is InChI=1S/C16H25F2N3/c1-20-7-5-12(6-8-20)10-21(2)11-16(19)14-9-13(17)3-4-15(14)18/h3-4,9,12,16H,5-8,10-11,19H2,1-2H3. The van der Waals surface area contributed by atoms with Crippen LogP contribution < -0.4 is 5.73 Å². The highest BCUT2D eigenvalue weighted by molar-refractivity contribution is 5.22. The molecule has 0 bridgehead atoms. The molecule has 2 rings (SSSR count). The van der Waals surface area contributed by atoms with Gasteiger partial charge in [-0.3, -0.25) is 0 Å². The van der Waals surface area contributed by atoms with Gasteiger partial charge in [0.05, 0.1) is 0 Å². The molecule has 0 spiro atoms. The van der Waals surface area contributed by atoms with Gasteiger partial charge in [-0.25, -0.2) is 8.78 Å². The minimum absolute atomic E-state index is 0.255. The van der Waals surface area contributed by atoms with Crippen LogP contribution in [0.15, 0.2) is 18.2 Å². The molecule has 21 heavy (non-hydrogen) atoms. The quantitative estimate of drug-likeness (QED) is 0.904. The maximum Gasteiger partial charge on any atom is 0.128 e. The van der Waals surface area contributed by atoms with Crippen LogP contribution in [0.4, 0.5) is 8.78 Å². The van der Waals surface area contributed by atoms with E-state index in [9.17, 15) is 8.78 Å². The third-order valence-corrected chi connectivity index (χ3v) is 4.27. The van der Waals surface area contributed by atoms with Crippen molar-refractivity contribution in [1.29, 1.82) is 0 Å². The first kappa shape index (κ1) is 16.3. The van der Waals surface area contributed by atoms with E-state index in [0.29, 0.717) is 12.5 Å². The summed E-state index contributed by atoms with van der Waals surface area (Å²) in [4.78, 5) is 4.47. The number of likely N-dealkylation sites (tertiary alicyclic amines) is 1. The van der Waals surface area contributed by atoms with E-state index in [2.05, 4.69) is 16.8 Å². The van der Waals surface area contributed by atoms with Crippen LogP contribution >= 0.6 is 0 Å². The Hall–Kier alpha value is -1.04. The van der Waals surface area contributed by atoms with Crippen molar-refractivity contribution < 1.29 is 8.78 Å². The molecule has 1 atom stereocenters. The molecule has 0 radical (unpaired) electrons. The monoisotopic (exact) mass is 297 g/mol. The Balaban J connectivity index is 1.87. The Bertz CT molecular complexity index is 459. The molecule has 2 N–H and O–H groups in total. The van der Waals surface area contributed by atoms with Crippen molar-refractivity contribution in [3.05, 3.63) is 35.4 Å². The van der Waals surface area contributed by atoms with E-state index in [4.69, 9.17) is 5.73 Å². The predicted octanol–water partition coefficient (Wildman–Crippen LogP) is 2.24. The number of rotatable bonds is 5. The molecule has 3 nitrogen and oxygen atoms in total. The molecule has 1 aromatic rings. The lowest BCUT2D eigenvalue weighted by molar-refractivity contribution is 0.172. The zero-order chi connectivity index (χ0) is 15.4. The average Bonchev–Trinajstić information content (AvgIpc) is 2.44. The third-order valence-electron chi connectivity index (χ3n) is 4.27. The second-order valence-electron chi connectivity index (χ2n) is 6.24. The highest BCUT2D eigenvalue weighted by atomic mass is 19.1. The SMILES string of the molecule is CN1CCC(CN(C)CC(N)c2cc(F)ccc2F)CC1. The van der Waals surface area contributed by atoms with Gasteiger partial charge < -0.3 is 15.5 Å². The van der Waals surface area contributed by atoms with Gasteiger partial charge in [-0.05, 0) is 64.1 Å². The summed E-state index contributed by atoms with van der Waals surface area (Å²) in [6.07, 6.45) is 2.37. The molecule has 1 aliphatic heterocycles. The molecule has 0 saturated carbocycles. The molecular formula is C16H25F2N3. The molecule has 1 heterocycles. The number of halogens is 2. The zero-order valence-electron chi connectivity index (χ0n) is 12.9. The van der Waals surface area contributed by atoms with Crippen LogP contribution in [0.5, 0.6) is 0 Å². The van der Waals surface area contributed by atoms with Crippen LogP contribution in [0.25, 0.3) is 0 Å². The minimum Gasteiger partial charge on any atom is -0.323 e. The fourth-order valence-electron chi connectivity index (χ4n) is 2.99. The van der Waals surface area contributed by atoms with E-state index >= 15 is 0 Å². The van der Waals surface area contributed by atoms with Gasteiger partial charge in [0.15, 0.2) is 0 Å². The van der Waals surface area contributed by atoms with E-state index in [1.807, 2.05) is 7.05 Å². The van der Waals surface area contributed by atoms with Gasteiger partial charge in [0.2, 0.25) is 0 Å². The van der Waals surface area contributed by atoms with Gasteiger partial charge in [0, 0.05) is 24.7 Å². The van der Waals surface area contributed by atoms with Crippen molar-refractivity contribution >= 4 is 0 Å². The first-order chi connectivity index (χ1) is 9.95. The predicted molar refractivity (Wildman–Crippen MR) is 81.0 cm³/mol. The second-order valence-corrected chi connectivity index (χ2v) is 6.24. The molecule has 0 aliphatic carbocycles. The molecular weight excluding hydrogens is 272 g/mol. The van der Waals surface area contributed by atoms with Gasteiger partial charge >= 0.3 is 0 Å². The molecule has 0 aromatic heterocycles. The number of piperidine rings is 1. The summed E-state index contributed by atoms with van der Waals surface area (Å²) in [5, 5.41) is 0. The number of likely N-dealkylation sites (N-methyl/N-ethyl adjacent to an activating group) is 1. The Morgan fingerprint density at radius 2 is 2.00 bits per heavy atom. The number of hydrogen-bond acceptors (Lipinski definition) is 3. The number of nitrogens with two attached hydrogens (primary N) is 1. The Kier molecular flexibility index (Phi) is 5.67. The first-order valence-corrected chi connectivity index (χ1v) is 7.53. The summed E-state index contributed by atoms with van der Waals surface area (Å²) in [7, 11) is 4.14. The molecule has 118 valence electrons. The van der Waals surface area contributed by atoms with Gasteiger partial charge in [-0.15, -0.1) is 0 Å². The van der Waals surface area contributed by atoms with E-state index in [1.165, 1.54) is 18.9 Å². The minimum atomic E-state index is -0.503. The summed E-state index contributed by atoms with van der Waals surface area (Å²) >= 11 is 0. The number of benzene rings is 1. The Labute approximate surface area is 125 Å². The van der Waals surface area contributed by atoms with Gasteiger partial charge in [0.25, 0.3) is 0 Å². The van der Waals surface area contributed by atoms with Crippen molar-refractivity contribution in [2.24, 2.45) is 11.7 Å². The van der Waals surface area contributed by atoms with Crippen LogP contribution in [0.1, 0.15) is 24.4 Å². The molecule has 1 saturated heterocycles. The maximum atomic E-state index is 13.7. The van der Waals surface area contributed by atoms with Crippen LogP contribution in [0.3, 0.4) is 0 Å². The van der Waals surface area contributed by atoms with E-state index in [0.717, 1.165) is 31.8 Å². The lowest BCUT2D eigenvalue weighted by Crippen LogP contribution is -2.38. The van der Waals surface area contributed by atoms with E-state index < -0.39 is 17.7 Å². The van der Waals surface area contributed by atoms with Crippen molar-refractivity contribution in [3.63, 3.8) is 0 Å². The fraction of sp³-hybridized carbons (Fsp3) is 0.625. The first-order valence-electron chi connectivity index (χ1n) is 7.53. The van der Waals surface area contributed by atoms with Crippen LogP contribution in [0, 0.1) is 17.6 Å². The molecule has 1 aliphatic rings. The molecule has 0 amide bonds. The molecule has 5 heteroatoms. The van der Waals surface area contributed by atoms with Crippen molar-refractivity contribution in [2.75, 3.05) is 40.3 Å². The summed E-state index contributed by atoms with van der Waals surface area (Å²) in [5.74, 6) is -0.216. The third kappa shape index (κ3) is 4.73. The van der Waals surface area contributed by atoms with E-state index in [1.54, 1.807) is 0 Å². The number of hydrogen-bond donors (Lipinski definition) is 1. The van der Waals surface area contributed by atoms with Crippen LogP contribution in [-0.2, 0) is 0 Å². The van der Waals surface area contributed by atoms with Crippen LogP contribution in [0.2, 0.25) is 0 Å². The zero-order valence-corrected chi connectivity index (χ0v) is 12.9. The summed E-state index contributed by atoms with van der Waals surface area (Å²) in [6.45, 7) is 3.75. The molecule has 1 fully saturated rings. The highest BCUT2D eigenvalue weighted by Gasteiger charge is 2.20. The second kappa shape index (κ2) is 7.29. The topological polar surface area (TPSA) is 32.5 Å². The normalized spacial score (nSPS) is 19.1. The number of nitrogens with zero attached hydrogens (tertiary/aromatic N) is 2. The highest BCUT2D eigenvalue weighted by Crippen LogP contribution is 2.20. The smallest absolute Gasteiger partial charge is 0.128 e. The Morgan fingerprint density at radius 1 is 1.33 bits per heavy atom. The lowest BCUT2D eigenvalue weighted by Gasteiger charge is -2.32. The maximum absolute atomic E-state index is 13.7. The molecule has 1 unspecified atom stereocenters. The van der Waals surface area contributed by atoms with Crippen molar-refractivity contribution in [3.8, 4) is 0 Å². The largest absolute Gasteiger partial charge is 0.323 e. The van der Waals surface area contributed by atoms with Crippen LogP contribution in [-0.4, -0.2) is 50.1 Å². The van der Waals surface area contributed by atoms with Crippen molar-refractivity contribution in [2.45, 2.75) is 18.9 Å². The summed E-state index contributed by atoms with van der Waals surface area (Å²) < 4.78 is 26.9. The lowest BCUT2D eigenvalue weighted by atomic mass is 9.96. The average molecular weight is 297 g/mol.